The Hall–Kier alpha value is -1.83. The van der Waals surface area contributed by atoms with E-state index >= 15 is 0 Å². The van der Waals surface area contributed by atoms with Crippen LogP contribution in [0.25, 0.3) is 0 Å². The van der Waals surface area contributed by atoms with Crippen molar-refractivity contribution in [2.24, 2.45) is 0 Å². The van der Waals surface area contributed by atoms with E-state index in [9.17, 15) is 4.79 Å². The van der Waals surface area contributed by atoms with Gasteiger partial charge in [0.2, 0.25) is 11.2 Å². The molecule has 9 heteroatoms. The van der Waals surface area contributed by atoms with Gasteiger partial charge in [-0.15, -0.1) is 0 Å². The predicted octanol–water partition coefficient (Wildman–Crippen LogP) is 2.34. The van der Waals surface area contributed by atoms with E-state index < -0.39 is 5.60 Å². The number of amides is 1. The van der Waals surface area contributed by atoms with Gasteiger partial charge in [0.1, 0.15) is 5.60 Å². The van der Waals surface area contributed by atoms with Crippen LogP contribution in [0.1, 0.15) is 33.6 Å². The molecule has 0 aromatic carbocycles. The fourth-order valence-electron chi connectivity index (χ4n) is 2.20. The second kappa shape index (κ2) is 7.16. The molecular formula is C14H22ClN5O3. The summed E-state index contributed by atoms with van der Waals surface area (Å²) in [5, 5.41) is 3.27. The number of hydrogen-bond acceptors (Lipinski definition) is 7. The third kappa shape index (κ3) is 5.38. The highest BCUT2D eigenvalue weighted by atomic mass is 35.5. The number of rotatable bonds is 3. The van der Waals surface area contributed by atoms with Crippen molar-refractivity contribution in [2.45, 2.75) is 45.3 Å². The smallest absolute Gasteiger partial charge is 0.410 e. The van der Waals surface area contributed by atoms with E-state index in [0.29, 0.717) is 19.0 Å². The van der Waals surface area contributed by atoms with Crippen LogP contribution in [0.5, 0.6) is 6.01 Å². The lowest BCUT2D eigenvalue weighted by molar-refractivity contribution is 0.0210. The molecule has 8 nitrogen and oxygen atoms in total. The molecule has 1 saturated heterocycles. The van der Waals surface area contributed by atoms with Crippen LogP contribution in [0.2, 0.25) is 5.28 Å². The van der Waals surface area contributed by atoms with E-state index in [1.807, 2.05) is 20.8 Å². The summed E-state index contributed by atoms with van der Waals surface area (Å²) >= 11 is 5.82. The number of carbonyl (C=O) groups is 1. The standard InChI is InChI=1S/C14H22ClN5O3/c1-14(2,3)23-13(21)20-7-5-9(6-8-20)16-11-17-10(15)18-12(19-11)22-4/h9H,5-8H2,1-4H3,(H,16,17,18,19). The monoisotopic (exact) mass is 343 g/mol. The number of aromatic nitrogens is 3. The van der Waals surface area contributed by atoms with Gasteiger partial charge >= 0.3 is 12.1 Å². The van der Waals surface area contributed by atoms with Crippen LogP contribution in [-0.4, -0.2) is 57.8 Å². The van der Waals surface area contributed by atoms with Gasteiger partial charge < -0.3 is 19.7 Å². The molecule has 1 fully saturated rings. The Morgan fingerprint density at radius 1 is 1.26 bits per heavy atom. The minimum Gasteiger partial charge on any atom is -0.467 e. The third-order valence-electron chi connectivity index (χ3n) is 3.25. The molecule has 2 rings (SSSR count). The summed E-state index contributed by atoms with van der Waals surface area (Å²) in [6.07, 6.45) is 1.26. The van der Waals surface area contributed by atoms with E-state index in [4.69, 9.17) is 21.1 Å². The normalized spacial score (nSPS) is 16.1. The largest absolute Gasteiger partial charge is 0.467 e. The maximum absolute atomic E-state index is 12.0. The number of ether oxygens (including phenoxy) is 2. The Bertz CT molecular complexity index is 556. The number of nitrogens with zero attached hydrogens (tertiary/aromatic N) is 4. The van der Waals surface area contributed by atoms with E-state index in [-0.39, 0.29) is 23.4 Å². The maximum atomic E-state index is 12.0. The molecule has 1 aliphatic rings. The zero-order chi connectivity index (χ0) is 17.0. The summed E-state index contributed by atoms with van der Waals surface area (Å²) in [7, 11) is 1.47. The van der Waals surface area contributed by atoms with Crippen molar-refractivity contribution in [1.82, 2.24) is 19.9 Å². The number of methoxy groups -OCH3 is 1. The first kappa shape index (κ1) is 17.5. The Morgan fingerprint density at radius 3 is 2.48 bits per heavy atom. The minimum atomic E-state index is -0.482. The Balaban J connectivity index is 1.87. The van der Waals surface area contributed by atoms with E-state index in [2.05, 4.69) is 20.3 Å². The van der Waals surface area contributed by atoms with E-state index in [0.717, 1.165) is 12.8 Å². The highest BCUT2D eigenvalue weighted by Gasteiger charge is 2.27. The van der Waals surface area contributed by atoms with Crippen molar-refractivity contribution in [3.63, 3.8) is 0 Å². The number of anilines is 1. The van der Waals surface area contributed by atoms with Crippen LogP contribution in [0.4, 0.5) is 10.7 Å². The maximum Gasteiger partial charge on any atom is 0.410 e. The van der Waals surface area contributed by atoms with Gasteiger partial charge in [-0.1, -0.05) is 0 Å². The molecular weight excluding hydrogens is 322 g/mol. The van der Waals surface area contributed by atoms with Gasteiger partial charge in [-0.2, -0.15) is 15.0 Å². The molecule has 0 spiro atoms. The van der Waals surface area contributed by atoms with Crippen LogP contribution in [0.15, 0.2) is 0 Å². The van der Waals surface area contributed by atoms with Crippen molar-refractivity contribution in [3.8, 4) is 6.01 Å². The minimum absolute atomic E-state index is 0.0746. The molecule has 128 valence electrons. The zero-order valence-electron chi connectivity index (χ0n) is 13.8. The van der Waals surface area contributed by atoms with Crippen LogP contribution in [0, 0.1) is 0 Å². The van der Waals surface area contributed by atoms with Gasteiger partial charge in [0, 0.05) is 19.1 Å². The summed E-state index contributed by atoms with van der Waals surface area (Å²) in [4.78, 5) is 25.7. The molecule has 23 heavy (non-hydrogen) atoms. The average molecular weight is 344 g/mol. The molecule has 0 radical (unpaired) electrons. The predicted molar refractivity (Wildman–Crippen MR) is 85.8 cm³/mol. The van der Waals surface area contributed by atoms with Gasteiger partial charge in [-0.05, 0) is 45.2 Å². The van der Waals surface area contributed by atoms with Gasteiger partial charge in [-0.3, -0.25) is 0 Å². The van der Waals surface area contributed by atoms with Crippen molar-refractivity contribution in [2.75, 3.05) is 25.5 Å². The molecule has 2 heterocycles. The number of carbonyl (C=O) groups excluding carboxylic acids is 1. The first-order valence-corrected chi connectivity index (χ1v) is 7.84. The van der Waals surface area contributed by atoms with Crippen LogP contribution in [-0.2, 0) is 4.74 Å². The first-order chi connectivity index (χ1) is 10.8. The van der Waals surface area contributed by atoms with Crippen molar-refractivity contribution in [1.29, 1.82) is 0 Å². The summed E-state index contributed by atoms with van der Waals surface area (Å²) in [5.74, 6) is 0.373. The molecule has 0 bridgehead atoms. The average Bonchev–Trinajstić information content (AvgIpc) is 2.45. The molecule has 1 aromatic heterocycles. The molecule has 1 N–H and O–H groups in total. The molecule has 0 aliphatic carbocycles. The zero-order valence-corrected chi connectivity index (χ0v) is 14.6. The van der Waals surface area contributed by atoms with Gasteiger partial charge in [0.05, 0.1) is 7.11 Å². The van der Waals surface area contributed by atoms with Crippen LogP contribution < -0.4 is 10.1 Å². The Labute approximate surface area is 140 Å². The fourth-order valence-corrected chi connectivity index (χ4v) is 2.36. The topological polar surface area (TPSA) is 89.5 Å². The number of likely N-dealkylation sites (tertiary alicyclic amines) is 1. The number of nitrogens with one attached hydrogen (secondary N) is 1. The highest BCUT2D eigenvalue weighted by molar-refractivity contribution is 6.28. The highest BCUT2D eigenvalue weighted by Crippen LogP contribution is 2.19. The molecule has 1 amide bonds. The van der Waals surface area contributed by atoms with E-state index in [1.54, 1.807) is 4.90 Å². The molecule has 1 aromatic rings. The number of halogens is 1. The first-order valence-electron chi connectivity index (χ1n) is 7.47. The quantitative estimate of drug-likeness (QED) is 0.900. The second-order valence-corrected chi connectivity index (χ2v) is 6.64. The lowest BCUT2D eigenvalue weighted by Crippen LogP contribution is -2.44. The van der Waals surface area contributed by atoms with Crippen molar-refractivity contribution < 1.29 is 14.3 Å². The summed E-state index contributed by atoms with van der Waals surface area (Å²) in [6.45, 7) is 6.80. The van der Waals surface area contributed by atoms with Gasteiger partial charge in [-0.25, -0.2) is 4.79 Å². The summed E-state index contributed by atoms with van der Waals surface area (Å²) < 4.78 is 10.3. The lowest BCUT2D eigenvalue weighted by atomic mass is 10.1. The number of piperidine rings is 1. The molecule has 0 unspecified atom stereocenters. The third-order valence-corrected chi connectivity index (χ3v) is 3.42. The second-order valence-electron chi connectivity index (χ2n) is 6.30. The van der Waals surface area contributed by atoms with Crippen molar-refractivity contribution >= 4 is 23.6 Å². The van der Waals surface area contributed by atoms with Crippen LogP contribution in [0.3, 0.4) is 0 Å². The Kier molecular flexibility index (Phi) is 5.46. The summed E-state index contributed by atoms with van der Waals surface area (Å²) in [6, 6.07) is 0.315. The van der Waals surface area contributed by atoms with Crippen LogP contribution >= 0.6 is 11.6 Å². The number of hydrogen-bond donors (Lipinski definition) is 1. The molecule has 1 aliphatic heterocycles. The fraction of sp³-hybridized carbons (Fsp3) is 0.714. The Morgan fingerprint density at radius 2 is 1.91 bits per heavy atom. The van der Waals surface area contributed by atoms with Crippen molar-refractivity contribution in [3.05, 3.63) is 5.28 Å². The van der Waals surface area contributed by atoms with Gasteiger partial charge in [0.25, 0.3) is 0 Å². The van der Waals surface area contributed by atoms with Gasteiger partial charge in [0.15, 0.2) is 0 Å². The summed E-state index contributed by atoms with van der Waals surface area (Å²) in [5.41, 5.74) is -0.482. The molecule has 0 saturated carbocycles. The SMILES string of the molecule is COc1nc(Cl)nc(NC2CCN(C(=O)OC(C)(C)C)CC2)n1. The molecule has 0 atom stereocenters. The van der Waals surface area contributed by atoms with E-state index in [1.165, 1.54) is 7.11 Å². The lowest BCUT2D eigenvalue weighted by Gasteiger charge is -2.33.